The Hall–Kier alpha value is -1.89. The van der Waals surface area contributed by atoms with Crippen molar-refractivity contribution in [3.63, 3.8) is 0 Å². The van der Waals surface area contributed by atoms with E-state index in [1.165, 1.54) is 6.07 Å². The number of nitrogens with one attached hydrogen (secondary N) is 2. The molecule has 0 spiro atoms. The lowest BCUT2D eigenvalue weighted by Crippen LogP contribution is -2.39. The van der Waals surface area contributed by atoms with Gasteiger partial charge in [0.1, 0.15) is 12.4 Å². The smallest absolute Gasteiger partial charge is 0.191 e. The monoisotopic (exact) mass is 301 g/mol. The number of halogens is 2. The van der Waals surface area contributed by atoms with Gasteiger partial charge in [-0.3, -0.25) is 4.99 Å². The van der Waals surface area contributed by atoms with Crippen molar-refractivity contribution in [2.45, 2.75) is 6.42 Å². The van der Waals surface area contributed by atoms with E-state index in [4.69, 9.17) is 9.47 Å². The average Bonchev–Trinajstić information content (AvgIpc) is 2.49. The van der Waals surface area contributed by atoms with Crippen LogP contribution in [0.3, 0.4) is 0 Å². The first-order valence-corrected chi connectivity index (χ1v) is 6.68. The standard InChI is InChI=1S/C14H21F2N3O2/c1-17-14(18-6-3-8-20-2)19-7-9-21-11-4-5-12(15)13(16)10-11/h4-5,10H,3,6-9H2,1-2H3,(H2,17,18,19). The highest BCUT2D eigenvalue weighted by Gasteiger charge is 2.03. The molecule has 1 aromatic rings. The summed E-state index contributed by atoms with van der Waals surface area (Å²) in [6.07, 6.45) is 0.878. The molecule has 0 fully saturated rings. The maximum absolute atomic E-state index is 13.0. The van der Waals surface area contributed by atoms with Gasteiger partial charge in [-0.1, -0.05) is 0 Å². The highest BCUT2D eigenvalue weighted by atomic mass is 19.2. The van der Waals surface area contributed by atoms with Gasteiger partial charge in [0.25, 0.3) is 0 Å². The third-order valence-electron chi connectivity index (χ3n) is 2.60. The molecule has 0 heterocycles. The molecule has 0 bridgehead atoms. The molecule has 7 heteroatoms. The lowest BCUT2D eigenvalue weighted by molar-refractivity contribution is 0.195. The average molecular weight is 301 g/mol. The fourth-order valence-corrected chi connectivity index (χ4v) is 1.55. The molecule has 0 aliphatic carbocycles. The van der Waals surface area contributed by atoms with Crippen molar-refractivity contribution < 1.29 is 18.3 Å². The maximum atomic E-state index is 13.0. The molecule has 0 amide bonds. The number of rotatable bonds is 8. The predicted molar refractivity (Wildman–Crippen MR) is 77.7 cm³/mol. The molecule has 1 rings (SSSR count). The van der Waals surface area contributed by atoms with Crippen LogP contribution in [-0.2, 0) is 4.74 Å². The van der Waals surface area contributed by atoms with E-state index in [9.17, 15) is 8.78 Å². The first-order valence-electron chi connectivity index (χ1n) is 6.68. The number of nitrogens with zero attached hydrogens (tertiary/aromatic N) is 1. The van der Waals surface area contributed by atoms with E-state index < -0.39 is 11.6 Å². The molecule has 0 aliphatic rings. The van der Waals surface area contributed by atoms with Crippen LogP contribution in [0.25, 0.3) is 0 Å². The third kappa shape index (κ3) is 6.89. The van der Waals surface area contributed by atoms with E-state index in [1.807, 2.05) is 0 Å². The molecule has 1 aromatic carbocycles. The lowest BCUT2D eigenvalue weighted by atomic mass is 10.3. The summed E-state index contributed by atoms with van der Waals surface area (Å²) < 4.78 is 36.0. The molecule has 0 saturated carbocycles. The molecule has 0 atom stereocenters. The van der Waals surface area contributed by atoms with Crippen molar-refractivity contribution in [2.24, 2.45) is 4.99 Å². The second-order valence-electron chi connectivity index (χ2n) is 4.20. The van der Waals surface area contributed by atoms with Crippen molar-refractivity contribution in [2.75, 3.05) is 40.5 Å². The zero-order valence-corrected chi connectivity index (χ0v) is 12.3. The summed E-state index contributed by atoms with van der Waals surface area (Å²) in [5.41, 5.74) is 0. The molecular weight excluding hydrogens is 280 g/mol. The first kappa shape index (κ1) is 17.2. The molecule has 0 aromatic heterocycles. The molecule has 2 N–H and O–H groups in total. The van der Waals surface area contributed by atoms with E-state index in [2.05, 4.69) is 15.6 Å². The Morgan fingerprint density at radius 3 is 2.57 bits per heavy atom. The van der Waals surface area contributed by atoms with Gasteiger partial charge in [-0.2, -0.15) is 0 Å². The van der Waals surface area contributed by atoms with Crippen LogP contribution in [0.1, 0.15) is 6.42 Å². The maximum Gasteiger partial charge on any atom is 0.191 e. The summed E-state index contributed by atoms with van der Waals surface area (Å²) in [5.74, 6) is -0.865. The minimum Gasteiger partial charge on any atom is -0.492 e. The quantitative estimate of drug-likeness (QED) is 0.434. The minimum atomic E-state index is -0.920. The van der Waals surface area contributed by atoms with E-state index in [1.54, 1.807) is 14.2 Å². The number of guanidine groups is 1. The van der Waals surface area contributed by atoms with Gasteiger partial charge in [-0.05, 0) is 18.6 Å². The van der Waals surface area contributed by atoms with Crippen molar-refractivity contribution in [1.82, 2.24) is 10.6 Å². The first-order chi connectivity index (χ1) is 10.2. The zero-order chi connectivity index (χ0) is 15.5. The van der Waals surface area contributed by atoms with Crippen LogP contribution in [0.15, 0.2) is 23.2 Å². The highest BCUT2D eigenvalue weighted by Crippen LogP contribution is 2.14. The van der Waals surface area contributed by atoms with Gasteiger partial charge in [-0.15, -0.1) is 0 Å². The number of hydrogen-bond donors (Lipinski definition) is 2. The van der Waals surface area contributed by atoms with E-state index in [0.717, 1.165) is 25.1 Å². The second kappa shape index (κ2) is 9.93. The van der Waals surface area contributed by atoms with Crippen LogP contribution >= 0.6 is 0 Å². The van der Waals surface area contributed by atoms with Gasteiger partial charge in [0, 0.05) is 33.4 Å². The predicted octanol–water partition coefficient (Wildman–Crippen LogP) is 1.55. The second-order valence-corrected chi connectivity index (χ2v) is 4.20. The number of benzene rings is 1. The number of methoxy groups -OCH3 is 1. The SMILES string of the molecule is CN=C(NCCCOC)NCCOc1ccc(F)c(F)c1. The minimum absolute atomic E-state index is 0.291. The lowest BCUT2D eigenvalue weighted by Gasteiger charge is -2.12. The Kier molecular flexibility index (Phi) is 8.11. The van der Waals surface area contributed by atoms with Gasteiger partial charge < -0.3 is 20.1 Å². The van der Waals surface area contributed by atoms with Gasteiger partial charge >= 0.3 is 0 Å². The molecule has 0 aliphatic heterocycles. The summed E-state index contributed by atoms with van der Waals surface area (Å²) in [6, 6.07) is 3.44. The molecule has 21 heavy (non-hydrogen) atoms. The van der Waals surface area contributed by atoms with Gasteiger partial charge in [0.15, 0.2) is 17.6 Å². The molecular formula is C14H21F2N3O2. The van der Waals surface area contributed by atoms with Crippen LogP contribution in [-0.4, -0.2) is 46.4 Å². The van der Waals surface area contributed by atoms with Crippen molar-refractivity contribution in [1.29, 1.82) is 0 Å². The van der Waals surface area contributed by atoms with Crippen molar-refractivity contribution >= 4 is 5.96 Å². The summed E-state index contributed by atoms with van der Waals surface area (Å²) in [5, 5.41) is 6.16. The van der Waals surface area contributed by atoms with Crippen molar-refractivity contribution in [3.8, 4) is 5.75 Å². The Morgan fingerprint density at radius 2 is 1.90 bits per heavy atom. The Bertz CT molecular complexity index is 456. The van der Waals surface area contributed by atoms with Crippen LogP contribution in [0.2, 0.25) is 0 Å². The van der Waals surface area contributed by atoms with Gasteiger partial charge in [-0.25, -0.2) is 8.78 Å². The number of ether oxygens (including phenoxy) is 2. The fraction of sp³-hybridized carbons (Fsp3) is 0.500. The highest BCUT2D eigenvalue weighted by molar-refractivity contribution is 5.79. The summed E-state index contributed by atoms with van der Waals surface area (Å²) in [7, 11) is 3.32. The molecule has 118 valence electrons. The van der Waals surface area contributed by atoms with Crippen LogP contribution in [0.4, 0.5) is 8.78 Å². The fourth-order valence-electron chi connectivity index (χ4n) is 1.55. The van der Waals surface area contributed by atoms with E-state index in [-0.39, 0.29) is 0 Å². The number of aliphatic imine (C=N–C) groups is 1. The van der Waals surface area contributed by atoms with Crippen LogP contribution < -0.4 is 15.4 Å². The summed E-state index contributed by atoms with van der Waals surface area (Å²) in [6.45, 7) is 2.23. The van der Waals surface area contributed by atoms with Crippen LogP contribution in [0.5, 0.6) is 5.75 Å². The molecule has 0 unspecified atom stereocenters. The summed E-state index contributed by atoms with van der Waals surface area (Å²) >= 11 is 0. The van der Waals surface area contributed by atoms with E-state index in [0.29, 0.717) is 31.5 Å². The molecule has 5 nitrogen and oxygen atoms in total. The normalized spacial score (nSPS) is 11.3. The van der Waals surface area contributed by atoms with Crippen molar-refractivity contribution in [3.05, 3.63) is 29.8 Å². The Balaban J connectivity index is 2.21. The van der Waals surface area contributed by atoms with Gasteiger partial charge in [0.05, 0.1) is 6.54 Å². The Morgan fingerprint density at radius 1 is 1.14 bits per heavy atom. The third-order valence-corrected chi connectivity index (χ3v) is 2.60. The van der Waals surface area contributed by atoms with Crippen LogP contribution in [0, 0.1) is 11.6 Å². The van der Waals surface area contributed by atoms with Gasteiger partial charge in [0.2, 0.25) is 0 Å². The summed E-state index contributed by atoms with van der Waals surface area (Å²) in [4.78, 5) is 4.04. The largest absolute Gasteiger partial charge is 0.492 e. The Labute approximate surface area is 123 Å². The molecule has 0 saturated heterocycles. The van der Waals surface area contributed by atoms with E-state index >= 15 is 0 Å². The number of hydrogen-bond acceptors (Lipinski definition) is 3. The topological polar surface area (TPSA) is 54.9 Å². The molecule has 0 radical (unpaired) electrons. The zero-order valence-electron chi connectivity index (χ0n) is 12.3.